The lowest BCUT2D eigenvalue weighted by Gasteiger charge is -2.59. The summed E-state index contributed by atoms with van der Waals surface area (Å²) in [7, 11) is 0. The highest BCUT2D eigenvalue weighted by molar-refractivity contribution is 6.02. The average molecular weight is 318 g/mol. The van der Waals surface area contributed by atoms with E-state index in [9.17, 15) is 15.0 Å². The van der Waals surface area contributed by atoms with Crippen LogP contribution in [-0.4, -0.2) is 22.1 Å². The van der Waals surface area contributed by atoms with Gasteiger partial charge in [-0.2, -0.15) is 0 Å². The number of rotatable bonds is 0. The van der Waals surface area contributed by atoms with Crippen molar-refractivity contribution in [1.29, 1.82) is 0 Å². The van der Waals surface area contributed by atoms with E-state index in [4.69, 9.17) is 0 Å². The molecule has 4 fully saturated rings. The summed E-state index contributed by atoms with van der Waals surface area (Å²) in [5.41, 5.74) is 0.759. The zero-order valence-corrected chi connectivity index (χ0v) is 14.4. The van der Waals surface area contributed by atoms with Gasteiger partial charge in [-0.1, -0.05) is 13.8 Å². The van der Waals surface area contributed by atoms with Crippen LogP contribution in [0.3, 0.4) is 0 Å². The van der Waals surface area contributed by atoms with Gasteiger partial charge in [-0.05, 0) is 80.5 Å². The van der Waals surface area contributed by atoms with Gasteiger partial charge in [0.25, 0.3) is 0 Å². The lowest BCUT2D eigenvalue weighted by molar-refractivity contribution is -0.141. The molecule has 0 bridgehead atoms. The Bertz CT molecular complexity index is 553. The average Bonchev–Trinajstić information content (AvgIpc) is 2.79. The molecular formula is C20H30O3. The third kappa shape index (κ3) is 2.01. The summed E-state index contributed by atoms with van der Waals surface area (Å²) < 4.78 is 0. The van der Waals surface area contributed by atoms with Crippen LogP contribution < -0.4 is 0 Å². The SMILES string of the molecule is C[C@]12CC[C@H](O)C[C@@H]1CC[C@@H]1[C@@H]2CC[C@]2(C)C(=O)C(=CO)C[C@@H]12. The molecule has 0 aliphatic heterocycles. The van der Waals surface area contributed by atoms with Gasteiger partial charge in [0, 0.05) is 11.0 Å². The van der Waals surface area contributed by atoms with Crippen LogP contribution in [0.2, 0.25) is 0 Å². The van der Waals surface area contributed by atoms with E-state index in [1.165, 1.54) is 12.8 Å². The molecular weight excluding hydrogens is 288 g/mol. The van der Waals surface area contributed by atoms with Crippen LogP contribution in [0.5, 0.6) is 0 Å². The molecule has 0 spiro atoms. The van der Waals surface area contributed by atoms with E-state index in [1.54, 1.807) is 0 Å². The van der Waals surface area contributed by atoms with Gasteiger partial charge in [0.2, 0.25) is 0 Å². The van der Waals surface area contributed by atoms with Crippen molar-refractivity contribution in [3.63, 3.8) is 0 Å². The number of fused-ring (bicyclic) bond motifs is 5. The van der Waals surface area contributed by atoms with Gasteiger partial charge in [-0.3, -0.25) is 4.79 Å². The molecule has 2 N–H and O–H groups in total. The van der Waals surface area contributed by atoms with Crippen molar-refractivity contribution >= 4 is 5.78 Å². The number of aliphatic hydroxyl groups is 2. The van der Waals surface area contributed by atoms with Gasteiger partial charge in [0.15, 0.2) is 5.78 Å². The monoisotopic (exact) mass is 318 g/mol. The van der Waals surface area contributed by atoms with E-state index < -0.39 is 0 Å². The molecule has 0 aromatic heterocycles. The summed E-state index contributed by atoms with van der Waals surface area (Å²) >= 11 is 0. The zero-order chi connectivity index (χ0) is 16.4. The largest absolute Gasteiger partial charge is 0.515 e. The van der Waals surface area contributed by atoms with E-state index in [1.807, 2.05) is 0 Å². The summed E-state index contributed by atoms with van der Waals surface area (Å²) in [6.45, 7) is 4.61. The van der Waals surface area contributed by atoms with E-state index in [0.717, 1.165) is 44.8 Å². The number of hydrogen-bond acceptors (Lipinski definition) is 3. The van der Waals surface area contributed by atoms with Crippen LogP contribution in [0, 0.1) is 34.5 Å². The molecule has 0 aromatic rings. The highest BCUT2D eigenvalue weighted by Gasteiger charge is 2.61. The van der Waals surface area contributed by atoms with Crippen LogP contribution in [0.25, 0.3) is 0 Å². The third-order valence-corrected chi connectivity index (χ3v) is 8.43. The fourth-order valence-corrected chi connectivity index (χ4v) is 7.02. The summed E-state index contributed by atoms with van der Waals surface area (Å²) in [5.74, 6) is 2.58. The molecule has 4 aliphatic carbocycles. The Morgan fingerprint density at radius 1 is 1.09 bits per heavy atom. The Labute approximate surface area is 139 Å². The molecule has 4 rings (SSSR count). The van der Waals surface area contributed by atoms with Crippen molar-refractivity contribution in [2.75, 3.05) is 0 Å². The zero-order valence-electron chi connectivity index (χ0n) is 14.4. The summed E-state index contributed by atoms with van der Waals surface area (Å²) in [6, 6.07) is 0. The molecule has 0 heterocycles. The van der Waals surface area contributed by atoms with Gasteiger partial charge >= 0.3 is 0 Å². The fraction of sp³-hybridized carbons (Fsp3) is 0.850. The minimum atomic E-state index is -0.243. The predicted molar refractivity (Wildman–Crippen MR) is 88.8 cm³/mol. The predicted octanol–water partition coefficient (Wildman–Crippen LogP) is 4.01. The smallest absolute Gasteiger partial charge is 0.168 e. The molecule has 3 heteroatoms. The van der Waals surface area contributed by atoms with Crippen molar-refractivity contribution in [3.05, 3.63) is 11.8 Å². The second-order valence-electron chi connectivity index (χ2n) is 9.23. The highest BCUT2D eigenvalue weighted by Crippen LogP contribution is 2.65. The molecule has 0 amide bonds. The summed E-state index contributed by atoms with van der Waals surface area (Å²) in [5, 5.41) is 19.5. The number of hydrogen-bond donors (Lipinski definition) is 2. The van der Waals surface area contributed by atoms with Gasteiger partial charge in [-0.25, -0.2) is 0 Å². The van der Waals surface area contributed by atoms with E-state index >= 15 is 0 Å². The second kappa shape index (κ2) is 5.08. The first-order valence-electron chi connectivity index (χ1n) is 9.46. The molecule has 128 valence electrons. The fourth-order valence-electron chi connectivity index (χ4n) is 7.02. The number of carbonyl (C=O) groups excluding carboxylic acids is 1. The van der Waals surface area contributed by atoms with Gasteiger partial charge in [-0.15, -0.1) is 0 Å². The summed E-state index contributed by atoms with van der Waals surface area (Å²) in [4.78, 5) is 12.7. The van der Waals surface area contributed by atoms with Crippen LogP contribution in [0.4, 0.5) is 0 Å². The van der Waals surface area contributed by atoms with E-state index in [0.29, 0.717) is 34.7 Å². The van der Waals surface area contributed by atoms with E-state index in [-0.39, 0.29) is 17.3 Å². The minimum Gasteiger partial charge on any atom is -0.515 e. The Kier molecular flexibility index (Phi) is 3.46. The van der Waals surface area contributed by atoms with Gasteiger partial charge < -0.3 is 10.2 Å². The number of aliphatic hydroxyl groups excluding tert-OH is 2. The molecule has 3 nitrogen and oxygen atoms in total. The summed E-state index contributed by atoms with van der Waals surface area (Å²) in [6.07, 6.45) is 9.32. The Hall–Kier alpha value is -0.830. The topological polar surface area (TPSA) is 57.5 Å². The number of Topliss-reactive ketones (excluding diaryl/α,β-unsaturated/α-hetero) is 1. The second-order valence-corrected chi connectivity index (χ2v) is 9.23. The third-order valence-electron chi connectivity index (χ3n) is 8.43. The normalized spacial score (nSPS) is 54.5. The van der Waals surface area contributed by atoms with Gasteiger partial charge in [0.05, 0.1) is 12.4 Å². The van der Waals surface area contributed by atoms with Crippen molar-refractivity contribution in [3.8, 4) is 0 Å². The Balaban J connectivity index is 1.66. The number of allylic oxidation sites excluding steroid dienone is 1. The number of carbonyl (C=O) groups is 1. The molecule has 0 radical (unpaired) electrons. The van der Waals surface area contributed by atoms with Crippen molar-refractivity contribution in [2.45, 2.75) is 71.3 Å². The standard InChI is InChI=1S/C20H30O3/c1-19-7-5-14(22)10-13(19)3-4-15-16(19)6-8-20(2)17(15)9-12(11-21)18(20)23/h11,13-17,21-22H,3-10H2,1-2H3/t13-,14-,15+,16-,17-,19-,20-/m0/s1. The van der Waals surface area contributed by atoms with Crippen LogP contribution in [-0.2, 0) is 4.79 Å². The lowest BCUT2D eigenvalue weighted by atomic mass is 9.45. The molecule has 23 heavy (non-hydrogen) atoms. The lowest BCUT2D eigenvalue weighted by Crippen LogP contribution is -2.54. The molecule has 4 saturated carbocycles. The van der Waals surface area contributed by atoms with Crippen molar-refractivity contribution in [1.82, 2.24) is 0 Å². The van der Waals surface area contributed by atoms with Gasteiger partial charge in [0.1, 0.15) is 0 Å². The molecule has 0 aromatic carbocycles. The maximum atomic E-state index is 12.7. The first-order valence-corrected chi connectivity index (χ1v) is 9.46. The van der Waals surface area contributed by atoms with E-state index in [2.05, 4.69) is 13.8 Å². The molecule has 4 aliphatic rings. The maximum Gasteiger partial charge on any atom is 0.168 e. The Morgan fingerprint density at radius 3 is 2.61 bits per heavy atom. The van der Waals surface area contributed by atoms with Crippen LogP contribution in [0.15, 0.2) is 11.8 Å². The minimum absolute atomic E-state index is 0.101. The van der Waals surface area contributed by atoms with Crippen molar-refractivity contribution in [2.24, 2.45) is 34.5 Å². The van der Waals surface area contributed by atoms with Crippen molar-refractivity contribution < 1.29 is 15.0 Å². The molecule has 0 saturated heterocycles. The quantitative estimate of drug-likeness (QED) is 0.524. The first kappa shape index (κ1) is 15.7. The number of ketones is 1. The molecule has 0 unspecified atom stereocenters. The maximum absolute atomic E-state index is 12.7. The van der Waals surface area contributed by atoms with Crippen LogP contribution >= 0.6 is 0 Å². The Morgan fingerprint density at radius 2 is 1.87 bits per heavy atom. The molecule has 7 atom stereocenters. The highest BCUT2D eigenvalue weighted by atomic mass is 16.3. The van der Waals surface area contributed by atoms with Crippen LogP contribution in [0.1, 0.15) is 65.2 Å². The first-order chi connectivity index (χ1) is 10.9.